The second kappa shape index (κ2) is 13.1. The van der Waals surface area contributed by atoms with Gasteiger partial charge in [-0.2, -0.15) is 8.42 Å². The van der Waals surface area contributed by atoms with Gasteiger partial charge in [-0.1, -0.05) is 59.1 Å². The van der Waals surface area contributed by atoms with E-state index in [1.165, 1.54) is 34.9 Å². The number of aryl methyl sites for hydroxylation is 3. The molecule has 1 aliphatic heterocycles. The van der Waals surface area contributed by atoms with E-state index in [4.69, 9.17) is 37.1 Å². The minimum atomic E-state index is -4.10. The maximum atomic E-state index is 13.8. The summed E-state index contributed by atoms with van der Waals surface area (Å²) in [7, 11) is -4.10. The fraction of sp³-hybridized carbons (Fsp3) is 0.152. The second-order valence-electron chi connectivity index (χ2n) is 10.0. The van der Waals surface area contributed by atoms with Gasteiger partial charge in [0.15, 0.2) is 16.7 Å². The third kappa shape index (κ3) is 6.97. The summed E-state index contributed by atoms with van der Waals surface area (Å²) in [6, 6.07) is 22.0. The predicted molar refractivity (Wildman–Crippen MR) is 179 cm³/mol. The lowest BCUT2D eigenvalue weighted by molar-refractivity contribution is -0.113. The molecule has 5 rings (SSSR count). The van der Waals surface area contributed by atoms with Crippen molar-refractivity contribution in [1.29, 1.82) is 0 Å². The van der Waals surface area contributed by atoms with Crippen molar-refractivity contribution >= 4 is 73.6 Å². The van der Waals surface area contributed by atoms with Gasteiger partial charge in [-0.25, -0.2) is 4.99 Å². The van der Waals surface area contributed by atoms with E-state index in [1.54, 1.807) is 49.4 Å². The lowest BCUT2D eigenvalue weighted by Gasteiger charge is -2.16. The van der Waals surface area contributed by atoms with E-state index in [2.05, 4.69) is 0 Å². The van der Waals surface area contributed by atoms with Gasteiger partial charge in [0.2, 0.25) is 0 Å². The van der Waals surface area contributed by atoms with Gasteiger partial charge in [-0.15, -0.1) is 0 Å². The molecule has 44 heavy (non-hydrogen) atoms. The number of carbonyl (C=O) groups excluding carboxylic acids is 1. The molecule has 0 atom stereocenters. The molecule has 0 radical (unpaired) electrons. The lowest BCUT2D eigenvalue weighted by Crippen LogP contribution is -2.28. The number of nitrogens with zero attached hydrogens (tertiary/aromatic N) is 2. The van der Waals surface area contributed by atoms with E-state index in [-0.39, 0.29) is 28.9 Å². The second-order valence-corrected chi connectivity index (χ2v) is 13.4. The molecule has 11 heteroatoms. The van der Waals surface area contributed by atoms with Crippen molar-refractivity contribution in [3.63, 3.8) is 0 Å². The number of rotatable bonds is 8. The van der Waals surface area contributed by atoms with Crippen LogP contribution in [0, 0.1) is 20.8 Å². The molecule has 0 bridgehead atoms. The van der Waals surface area contributed by atoms with Crippen LogP contribution in [-0.4, -0.2) is 26.1 Å². The first-order chi connectivity index (χ1) is 20.9. The zero-order chi connectivity index (χ0) is 31.6. The van der Waals surface area contributed by atoms with E-state index in [0.717, 1.165) is 16.7 Å². The summed E-state index contributed by atoms with van der Waals surface area (Å²) in [4.78, 5) is 20.5. The molecule has 4 aromatic rings. The minimum absolute atomic E-state index is 0.0303. The number of ether oxygens (including phenoxy) is 1. The van der Waals surface area contributed by atoms with Crippen molar-refractivity contribution in [2.75, 3.05) is 11.5 Å². The molecule has 0 aliphatic carbocycles. The zero-order valence-electron chi connectivity index (χ0n) is 24.3. The summed E-state index contributed by atoms with van der Waals surface area (Å²) in [5.74, 6) is -0.0418. The van der Waals surface area contributed by atoms with Crippen LogP contribution < -0.4 is 13.8 Å². The summed E-state index contributed by atoms with van der Waals surface area (Å²) in [5, 5.41) is 1.51. The van der Waals surface area contributed by atoms with E-state index in [1.807, 2.05) is 45.0 Å². The maximum absolute atomic E-state index is 13.8. The molecule has 226 valence electrons. The molecule has 1 saturated heterocycles. The van der Waals surface area contributed by atoms with Gasteiger partial charge in [0, 0.05) is 10.0 Å². The number of amides is 1. The Balaban J connectivity index is 1.51. The van der Waals surface area contributed by atoms with Crippen molar-refractivity contribution in [2.45, 2.75) is 32.6 Å². The van der Waals surface area contributed by atoms with Crippen LogP contribution >= 0.6 is 35.0 Å². The van der Waals surface area contributed by atoms with E-state index < -0.39 is 10.1 Å². The Kier molecular flexibility index (Phi) is 9.41. The molecule has 4 aromatic carbocycles. The molecule has 1 fully saturated rings. The Morgan fingerprint density at radius 1 is 0.864 bits per heavy atom. The molecular formula is C33H28Cl2N2O5S2. The third-order valence-corrected chi connectivity index (χ3v) is 9.71. The van der Waals surface area contributed by atoms with Crippen LogP contribution in [0.1, 0.15) is 29.2 Å². The van der Waals surface area contributed by atoms with Gasteiger partial charge < -0.3 is 8.92 Å². The van der Waals surface area contributed by atoms with Gasteiger partial charge in [0.25, 0.3) is 5.91 Å². The highest BCUT2D eigenvalue weighted by Crippen LogP contribution is 2.40. The van der Waals surface area contributed by atoms with E-state index in [9.17, 15) is 13.2 Å². The number of carbonyl (C=O) groups is 1. The van der Waals surface area contributed by atoms with Crippen molar-refractivity contribution in [2.24, 2.45) is 4.99 Å². The van der Waals surface area contributed by atoms with Crippen LogP contribution in [0.3, 0.4) is 0 Å². The minimum Gasteiger partial charge on any atom is -0.490 e. The smallest absolute Gasteiger partial charge is 0.339 e. The van der Waals surface area contributed by atoms with Gasteiger partial charge >= 0.3 is 10.1 Å². The summed E-state index contributed by atoms with van der Waals surface area (Å²) >= 11 is 14.0. The standard InChI is InChI=1S/C33H28Cl2N2O5S2/c1-5-41-30-16-23(10-15-29(30)42-44(39,40)26-13-6-20(2)7-14-26)17-31-32(38)37(25-12-9-22(4)28(35)19-25)33(43-31)36-24-11-8-21(3)27(34)18-24/h6-19H,5H2,1-4H3/b31-17+,36-33?. The summed E-state index contributed by atoms with van der Waals surface area (Å²) in [6.07, 6.45) is 1.70. The van der Waals surface area contributed by atoms with Crippen LogP contribution in [0.5, 0.6) is 11.5 Å². The van der Waals surface area contributed by atoms with Gasteiger partial charge in [0.1, 0.15) is 4.90 Å². The average Bonchev–Trinajstić information content (AvgIpc) is 3.27. The first-order valence-corrected chi connectivity index (χ1v) is 16.6. The van der Waals surface area contributed by atoms with Crippen LogP contribution in [0.25, 0.3) is 6.08 Å². The topological polar surface area (TPSA) is 85.3 Å². The summed E-state index contributed by atoms with van der Waals surface area (Å²) < 4.78 is 37.1. The molecule has 0 unspecified atom stereocenters. The number of anilines is 1. The Bertz CT molecular complexity index is 1920. The van der Waals surface area contributed by atoms with E-state index in [0.29, 0.717) is 37.1 Å². The average molecular weight is 668 g/mol. The largest absolute Gasteiger partial charge is 0.490 e. The van der Waals surface area contributed by atoms with Crippen LogP contribution in [-0.2, 0) is 14.9 Å². The maximum Gasteiger partial charge on any atom is 0.339 e. The van der Waals surface area contributed by atoms with Crippen LogP contribution in [0.4, 0.5) is 11.4 Å². The first kappa shape index (κ1) is 31.7. The van der Waals surface area contributed by atoms with Crippen molar-refractivity contribution in [1.82, 2.24) is 0 Å². The number of benzene rings is 4. The Labute approximate surface area is 271 Å². The molecule has 0 saturated carbocycles. The van der Waals surface area contributed by atoms with Crippen molar-refractivity contribution in [3.05, 3.63) is 116 Å². The summed E-state index contributed by atoms with van der Waals surface area (Å²) in [5.41, 5.74) is 4.48. The molecule has 7 nitrogen and oxygen atoms in total. The number of aliphatic imine (C=N–C) groups is 1. The van der Waals surface area contributed by atoms with Crippen LogP contribution in [0.15, 0.2) is 93.7 Å². The highest BCUT2D eigenvalue weighted by Gasteiger charge is 2.35. The fourth-order valence-electron chi connectivity index (χ4n) is 4.23. The molecule has 0 spiro atoms. The Morgan fingerprint density at radius 3 is 2.20 bits per heavy atom. The SMILES string of the molecule is CCOc1cc(/C=C2/SC(=Nc3ccc(C)c(Cl)c3)N(c3ccc(C)c(Cl)c3)C2=O)ccc1OS(=O)(=O)c1ccc(C)cc1. The third-order valence-electron chi connectivity index (χ3n) is 6.67. The van der Waals surface area contributed by atoms with Gasteiger partial charge in [-0.3, -0.25) is 9.69 Å². The van der Waals surface area contributed by atoms with Gasteiger partial charge in [-0.05, 0) is 111 Å². The Morgan fingerprint density at radius 2 is 1.55 bits per heavy atom. The molecule has 0 N–H and O–H groups in total. The van der Waals surface area contributed by atoms with E-state index >= 15 is 0 Å². The van der Waals surface area contributed by atoms with Gasteiger partial charge in [0.05, 0.1) is 22.9 Å². The number of thioether (sulfide) groups is 1. The lowest BCUT2D eigenvalue weighted by atomic mass is 10.1. The summed E-state index contributed by atoms with van der Waals surface area (Å²) in [6.45, 7) is 7.71. The number of amidine groups is 1. The van der Waals surface area contributed by atoms with Crippen molar-refractivity contribution in [3.8, 4) is 11.5 Å². The molecule has 1 aliphatic rings. The molecule has 1 heterocycles. The predicted octanol–water partition coefficient (Wildman–Crippen LogP) is 8.89. The quantitative estimate of drug-likeness (QED) is 0.138. The number of hydrogen-bond acceptors (Lipinski definition) is 7. The number of hydrogen-bond donors (Lipinski definition) is 0. The first-order valence-electron chi connectivity index (χ1n) is 13.6. The zero-order valence-corrected chi connectivity index (χ0v) is 27.4. The highest BCUT2D eigenvalue weighted by molar-refractivity contribution is 8.19. The normalized spacial score (nSPS) is 15.3. The number of halogens is 2. The monoisotopic (exact) mass is 666 g/mol. The fourth-order valence-corrected chi connectivity index (χ4v) is 6.52. The molecule has 1 amide bonds. The highest BCUT2D eigenvalue weighted by atomic mass is 35.5. The van der Waals surface area contributed by atoms with Crippen molar-refractivity contribution < 1.29 is 22.1 Å². The molecule has 0 aromatic heterocycles. The van der Waals surface area contributed by atoms with Crippen LogP contribution in [0.2, 0.25) is 10.0 Å². The Hall–Kier alpha value is -3.76. The molecular weight excluding hydrogens is 639 g/mol.